The fraction of sp³-hybridized carbons (Fsp3) is 0.632. The lowest BCUT2D eigenvalue weighted by atomic mass is 9.86. The average Bonchev–Trinajstić information content (AvgIpc) is 2.62. The maximum atomic E-state index is 13.8. The van der Waals surface area contributed by atoms with Gasteiger partial charge in [0.05, 0.1) is 19.1 Å². The van der Waals surface area contributed by atoms with Crippen LogP contribution < -0.4 is 4.74 Å². The molecule has 27 heavy (non-hydrogen) atoms. The highest BCUT2D eigenvalue weighted by Crippen LogP contribution is 2.47. The van der Waals surface area contributed by atoms with E-state index in [1.165, 1.54) is 19.2 Å². The number of aliphatic imine (C=N–C) groups is 1. The summed E-state index contributed by atoms with van der Waals surface area (Å²) in [6.45, 7) is 6.33. The van der Waals surface area contributed by atoms with Gasteiger partial charge in [0, 0.05) is 25.2 Å². The average molecular weight is 407 g/mol. The number of halogens is 3. The minimum atomic E-state index is -4.81. The van der Waals surface area contributed by atoms with Crippen LogP contribution in [0.5, 0.6) is 5.75 Å². The molecule has 1 N–H and O–H groups in total. The van der Waals surface area contributed by atoms with Crippen LogP contribution >= 0.6 is 11.8 Å². The lowest BCUT2D eigenvalue weighted by Crippen LogP contribution is -2.42. The van der Waals surface area contributed by atoms with Gasteiger partial charge in [0.2, 0.25) is 0 Å². The number of alkyl halides is 3. The molecule has 1 aromatic rings. The maximum Gasteiger partial charge on any atom is 0.421 e. The number of hydrogen-bond acceptors (Lipinski definition) is 4. The van der Waals surface area contributed by atoms with Gasteiger partial charge < -0.3 is 14.7 Å². The highest BCUT2D eigenvalue weighted by Gasteiger charge is 2.55. The van der Waals surface area contributed by atoms with Crippen LogP contribution in [0.3, 0.4) is 0 Å². The molecule has 0 aliphatic heterocycles. The molecule has 0 aromatic heterocycles. The van der Waals surface area contributed by atoms with Crippen LogP contribution in [0.4, 0.5) is 18.9 Å². The van der Waals surface area contributed by atoms with E-state index in [0.29, 0.717) is 17.0 Å². The molecule has 1 aromatic carbocycles. The summed E-state index contributed by atoms with van der Waals surface area (Å²) in [5.74, 6) is 1.36. The number of benzene rings is 1. The summed E-state index contributed by atoms with van der Waals surface area (Å²) in [6.07, 6.45) is -3.37. The van der Waals surface area contributed by atoms with Crippen molar-refractivity contribution >= 4 is 23.8 Å². The molecule has 1 atom stereocenters. The standard InChI is InChI=1S/C19H29F3N2O2S/c1-6-24(4)13-23-16-12-17(26-5)15(11-14(16)3)18(25,19(20,21)22)9-8-10-27-7-2/h11-13,25H,6-10H2,1-5H3. The second-order valence-corrected chi connectivity index (χ2v) is 7.71. The third kappa shape index (κ3) is 6.04. The first-order chi connectivity index (χ1) is 12.6. The molecule has 4 nitrogen and oxygen atoms in total. The second kappa shape index (κ2) is 10.2. The minimum absolute atomic E-state index is 0.0186. The van der Waals surface area contributed by atoms with E-state index in [1.807, 2.05) is 25.8 Å². The molecule has 0 heterocycles. The zero-order chi connectivity index (χ0) is 20.7. The Kier molecular flexibility index (Phi) is 8.94. The van der Waals surface area contributed by atoms with E-state index in [0.717, 1.165) is 12.3 Å². The quantitative estimate of drug-likeness (QED) is 0.341. The Bertz CT molecular complexity index is 638. The number of rotatable bonds is 10. The topological polar surface area (TPSA) is 45.1 Å². The van der Waals surface area contributed by atoms with Gasteiger partial charge in [-0.1, -0.05) is 6.92 Å². The number of aryl methyl sites for hydroxylation is 1. The van der Waals surface area contributed by atoms with Crippen LogP contribution in [-0.4, -0.2) is 54.7 Å². The summed E-state index contributed by atoms with van der Waals surface area (Å²) < 4.78 is 46.6. The van der Waals surface area contributed by atoms with Crippen molar-refractivity contribution in [1.82, 2.24) is 4.90 Å². The molecular weight excluding hydrogens is 377 g/mol. The Morgan fingerprint density at radius 2 is 1.96 bits per heavy atom. The molecule has 154 valence electrons. The van der Waals surface area contributed by atoms with E-state index in [1.54, 1.807) is 25.0 Å². The molecule has 8 heteroatoms. The minimum Gasteiger partial charge on any atom is -0.496 e. The van der Waals surface area contributed by atoms with Gasteiger partial charge in [-0.2, -0.15) is 24.9 Å². The van der Waals surface area contributed by atoms with Gasteiger partial charge in [0.25, 0.3) is 0 Å². The van der Waals surface area contributed by atoms with Crippen molar-refractivity contribution < 1.29 is 23.0 Å². The van der Waals surface area contributed by atoms with Gasteiger partial charge in [0.1, 0.15) is 5.75 Å². The summed E-state index contributed by atoms with van der Waals surface area (Å²) in [4.78, 5) is 6.16. The Hall–Kier alpha value is -1.41. The molecule has 0 bridgehead atoms. The molecule has 1 unspecified atom stereocenters. The van der Waals surface area contributed by atoms with Gasteiger partial charge in [0.15, 0.2) is 5.60 Å². The fourth-order valence-electron chi connectivity index (χ4n) is 2.55. The monoisotopic (exact) mass is 406 g/mol. The molecule has 0 aliphatic rings. The highest BCUT2D eigenvalue weighted by molar-refractivity contribution is 7.99. The van der Waals surface area contributed by atoms with Gasteiger partial charge in [-0.3, -0.25) is 0 Å². The van der Waals surface area contributed by atoms with E-state index in [2.05, 4.69) is 4.99 Å². The SMILES string of the molecule is CCSCCCC(O)(c1cc(C)c(N=CN(C)CC)cc1OC)C(F)(F)F. The van der Waals surface area contributed by atoms with E-state index >= 15 is 0 Å². The first kappa shape index (κ1) is 23.6. The van der Waals surface area contributed by atoms with Crippen LogP contribution in [0.2, 0.25) is 0 Å². The molecule has 0 fully saturated rings. The number of hydrogen-bond donors (Lipinski definition) is 1. The van der Waals surface area contributed by atoms with Crippen molar-refractivity contribution in [2.24, 2.45) is 4.99 Å². The fourth-order valence-corrected chi connectivity index (χ4v) is 3.19. The molecule has 0 aliphatic carbocycles. The second-order valence-electron chi connectivity index (χ2n) is 6.32. The first-order valence-electron chi connectivity index (χ1n) is 8.91. The molecule has 0 spiro atoms. The summed E-state index contributed by atoms with van der Waals surface area (Å²) in [5.41, 5.74) is -2.18. The molecule has 0 radical (unpaired) electrons. The van der Waals surface area contributed by atoms with E-state index in [-0.39, 0.29) is 17.7 Å². The van der Waals surface area contributed by atoms with Crippen molar-refractivity contribution in [2.75, 3.05) is 32.2 Å². The van der Waals surface area contributed by atoms with Crippen molar-refractivity contribution in [1.29, 1.82) is 0 Å². The van der Waals surface area contributed by atoms with Crippen molar-refractivity contribution in [3.8, 4) is 5.75 Å². The lowest BCUT2D eigenvalue weighted by Gasteiger charge is -2.32. The summed E-state index contributed by atoms with van der Waals surface area (Å²) in [7, 11) is 3.14. The molecular formula is C19H29F3N2O2S. The number of methoxy groups -OCH3 is 1. The van der Waals surface area contributed by atoms with E-state index in [4.69, 9.17) is 4.74 Å². The van der Waals surface area contributed by atoms with Crippen LogP contribution in [0.15, 0.2) is 17.1 Å². The van der Waals surface area contributed by atoms with Gasteiger partial charge in [-0.05, 0) is 49.8 Å². The Morgan fingerprint density at radius 1 is 1.30 bits per heavy atom. The predicted molar refractivity (Wildman–Crippen MR) is 106 cm³/mol. The molecule has 0 saturated carbocycles. The number of aliphatic hydroxyl groups is 1. The van der Waals surface area contributed by atoms with Crippen LogP contribution in [0, 0.1) is 6.92 Å². The Labute approximate surface area is 163 Å². The molecule has 0 saturated heterocycles. The Balaban J connectivity index is 3.33. The first-order valence-corrected chi connectivity index (χ1v) is 10.1. The van der Waals surface area contributed by atoms with Crippen LogP contribution in [0.1, 0.15) is 37.8 Å². The lowest BCUT2D eigenvalue weighted by molar-refractivity contribution is -0.269. The van der Waals surface area contributed by atoms with Gasteiger partial charge in [-0.25, -0.2) is 4.99 Å². The highest BCUT2D eigenvalue weighted by atomic mass is 32.2. The summed E-state index contributed by atoms with van der Waals surface area (Å²) >= 11 is 1.55. The largest absolute Gasteiger partial charge is 0.496 e. The third-order valence-electron chi connectivity index (χ3n) is 4.36. The number of ether oxygens (including phenoxy) is 1. The van der Waals surface area contributed by atoms with Gasteiger partial charge >= 0.3 is 6.18 Å². The zero-order valence-corrected chi connectivity index (χ0v) is 17.4. The smallest absolute Gasteiger partial charge is 0.421 e. The maximum absolute atomic E-state index is 13.8. The van der Waals surface area contributed by atoms with Crippen LogP contribution in [-0.2, 0) is 5.60 Å². The number of nitrogens with zero attached hydrogens (tertiary/aromatic N) is 2. The Morgan fingerprint density at radius 3 is 2.48 bits per heavy atom. The van der Waals surface area contributed by atoms with E-state index < -0.39 is 18.2 Å². The van der Waals surface area contributed by atoms with Gasteiger partial charge in [-0.15, -0.1) is 0 Å². The zero-order valence-electron chi connectivity index (χ0n) is 16.6. The predicted octanol–water partition coefficient (Wildman–Crippen LogP) is 4.90. The summed E-state index contributed by atoms with van der Waals surface area (Å²) in [5, 5.41) is 10.6. The van der Waals surface area contributed by atoms with Crippen molar-refractivity contribution in [2.45, 2.75) is 45.4 Å². The molecule has 1 rings (SSSR count). The van der Waals surface area contributed by atoms with Crippen molar-refractivity contribution in [3.05, 3.63) is 23.3 Å². The molecule has 0 amide bonds. The summed E-state index contributed by atoms with van der Waals surface area (Å²) in [6, 6.07) is 2.78. The van der Waals surface area contributed by atoms with Crippen molar-refractivity contribution in [3.63, 3.8) is 0 Å². The number of thioether (sulfide) groups is 1. The van der Waals surface area contributed by atoms with E-state index in [9.17, 15) is 18.3 Å². The normalized spacial score (nSPS) is 14.4. The van der Waals surface area contributed by atoms with Crippen LogP contribution in [0.25, 0.3) is 0 Å². The third-order valence-corrected chi connectivity index (χ3v) is 5.34.